The third-order valence-electron chi connectivity index (χ3n) is 2.98. The molecule has 0 saturated heterocycles. The van der Waals surface area contributed by atoms with Crippen LogP contribution in [0.5, 0.6) is 0 Å². The minimum absolute atomic E-state index is 0.280. The Kier molecular flexibility index (Phi) is 3.54. The van der Waals surface area contributed by atoms with Gasteiger partial charge in [0.05, 0.1) is 6.20 Å². The molecule has 20 heavy (non-hydrogen) atoms. The Morgan fingerprint density at radius 1 is 1.15 bits per heavy atom. The molecule has 1 N–H and O–H groups in total. The Morgan fingerprint density at radius 3 is 2.75 bits per heavy atom. The summed E-state index contributed by atoms with van der Waals surface area (Å²) < 4.78 is 18.0. The summed E-state index contributed by atoms with van der Waals surface area (Å²) in [6.07, 6.45) is 6.20. The van der Waals surface area contributed by atoms with Crippen LogP contribution in [0.2, 0.25) is 0 Å². The summed E-state index contributed by atoms with van der Waals surface area (Å²) in [5, 5.41) is 10.6. The van der Waals surface area contributed by atoms with Crippen molar-refractivity contribution in [2.24, 2.45) is 0 Å². The third kappa shape index (κ3) is 2.90. The normalized spacial score (nSPS) is 10.8. The maximum absolute atomic E-state index is 12.8. The van der Waals surface area contributed by atoms with Gasteiger partial charge < -0.3 is 4.52 Å². The molecule has 0 aliphatic heterocycles. The molecule has 0 bridgehead atoms. The standard InChI is InChI=1S/C14H13FN4O/c15-12-6-4-11(5-7-12)14-18-13(20-19-14)3-1-2-10-8-16-17-9-10/h4-9H,1-3H2,(H,16,17). The van der Waals surface area contributed by atoms with Gasteiger partial charge in [0, 0.05) is 18.2 Å². The van der Waals surface area contributed by atoms with Gasteiger partial charge in [-0.25, -0.2) is 4.39 Å². The number of rotatable bonds is 5. The molecule has 5 nitrogen and oxygen atoms in total. The zero-order valence-electron chi connectivity index (χ0n) is 10.7. The predicted octanol–water partition coefficient (Wildman–Crippen LogP) is 2.77. The molecule has 6 heteroatoms. The van der Waals surface area contributed by atoms with E-state index < -0.39 is 0 Å². The highest BCUT2D eigenvalue weighted by Gasteiger charge is 2.08. The van der Waals surface area contributed by atoms with Crippen molar-refractivity contribution in [2.75, 3.05) is 0 Å². The van der Waals surface area contributed by atoms with E-state index in [1.54, 1.807) is 18.3 Å². The van der Waals surface area contributed by atoms with Crippen LogP contribution in [0.25, 0.3) is 11.4 Å². The smallest absolute Gasteiger partial charge is 0.226 e. The average molecular weight is 272 g/mol. The largest absolute Gasteiger partial charge is 0.339 e. The van der Waals surface area contributed by atoms with Crippen molar-refractivity contribution >= 4 is 0 Å². The van der Waals surface area contributed by atoms with E-state index in [4.69, 9.17) is 4.52 Å². The van der Waals surface area contributed by atoms with E-state index in [-0.39, 0.29) is 5.82 Å². The third-order valence-corrected chi connectivity index (χ3v) is 2.98. The molecule has 102 valence electrons. The summed E-state index contributed by atoms with van der Waals surface area (Å²) in [7, 11) is 0. The molecule has 2 aromatic heterocycles. The monoisotopic (exact) mass is 272 g/mol. The highest BCUT2D eigenvalue weighted by molar-refractivity contribution is 5.53. The van der Waals surface area contributed by atoms with Crippen LogP contribution >= 0.6 is 0 Å². The van der Waals surface area contributed by atoms with Gasteiger partial charge in [0.1, 0.15) is 5.82 Å². The van der Waals surface area contributed by atoms with Crippen molar-refractivity contribution in [3.8, 4) is 11.4 Å². The molecule has 0 aliphatic rings. The van der Waals surface area contributed by atoms with E-state index in [0.29, 0.717) is 18.1 Å². The van der Waals surface area contributed by atoms with E-state index in [1.165, 1.54) is 12.1 Å². The summed E-state index contributed by atoms with van der Waals surface area (Å²) in [5.41, 5.74) is 1.90. The number of hydrogen-bond donors (Lipinski definition) is 1. The zero-order chi connectivity index (χ0) is 13.8. The molecular formula is C14H13FN4O. The number of aryl methyl sites for hydroxylation is 2. The minimum atomic E-state index is -0.280. The van der Waals surface area contributed by atoms with Crippen LogP contribution in [-0.4, -0.2) is 20.3 Å². The van der Waals surface area contributed by atoms with Gasteiger partial charge in [-0.3, -0.25) is 5.10 Å². The first-order valence-electron chi connectivity index (χ1n) is 6.37. The van der Waals surface area contributed by atoms with Gasteiger partial charge in [-0.2, -0.15) is 10.1 Å². The lowest BCUT2D eigenvalue weighted by Crippen LogP contribution is -1.89. The van der Waals surface area contributed by atoms with Crippen LogP contribution in [0.3, 0.4) is 0 Å². The first-order valence-corrected chi connectivity index (χ1v) is 6.37. The van der Waals surface area contributed by atoms with E-state index in [0.717, 1.165) is 24.0 Å². The van der Waals surface area contributed by atoms with Crippen LogP contribution in [-0.2, 0) is 12.8 Å². The van der Waals surface area contributed by atoms with Gasteiger partial charge in [0.25, 0.3) is 0 Å². The summed E-state index contributed by atoms with van der Waals surface area (Å²) in [5.74, 6) is 0.800. The first-order chi connectivity index (χ1) is 9.81. The number of benzene rings is 1. The Hall–Kier alpha value is -2.50. The van der Waals surface area contributed by atoms with Gasteiger partial charge in [-0.1, -0.05) is 5.16 Å². The van der Waals surface area contributed by atoms with Crippen LogP contribution in [0.1, 0.15) is 17.9 Å². The van der Waals surface area contributed by atoms with Gasteiger partial charge in [-0.15, -0.1) is 0 Å². The summed E-state index contributed by atoms with van der Waals surface area (Å²) >= 11 is 0. The number of halogens is 1. The molecule has 2 heterocycles. The highest BCUT2D eigenvalue weighted by Crippen LogP contribution is 2.16. The quantitative estimate of drug-likeness (QED) is 0.775. The van der Waals surface area contributed by atoms with Crippen molar-refractivity contribution in [1.82, 2.24) is 20.3 Å². The van der Waals surface area contributed by atoms with Gasteiger partial charge in [0.15, 0.2) is 0 Å². The second-order valence-electron chi connectivity index (χ2n) is 4.48. The summed E-state index contributed by atoms with van der Waals surface area (Å²) in [4.78, 5) is 4.31. The van der Waals surface area contributed by atoms with Crippen LogP contribution in [0.15, 0.2) is 41.2 Å². The molecule has 3 rings (SSSR count). The van der Waals surface area contributed by atoms with Crippen LogP contribution in [0, 0.1) is 5.82 Å². The number of aromatic nitrogens is 4. The Balaban J connectivity index is 1.60. The molecule has 0 atom stereocenters. The number of nitrogens with one attached hydrogen (secondary N) is 1. The molecule has 0 fully saturated rings. The van der Waals surface area contributed by atoms with E-state index in [1.807, 2.05) is 6.20 Å². The maximum atomic E-state index is 12.8. The first kappa shape index (κ1) is 12.5. The number of H-pyrrole nitrogens is 1. The number of nitrogens with zero attached hydrogens (tertiary/aromatic N) is 3. The molecule has 3 aromatic rings. The predicted molar refractivity (Wildman–Crippen MR) is 70.3 cm³/mol. The lowest BCUT2D eigenvalue weighted by Gasteiger charge is -1.94. The van der Waals surface area contributed by atoms with Gasteiger partial charge in [0.2, 0.25) is 11.7 Å². The Bertz CT molecular complexity index is 661. The van der Waals surface area contributed by atoms with Gasteiger partial charge >= 0.3 is 0 Å². The van der Waals surface area contributed by atoms with Gasteiger partial charge in [-0.05, 0) is 42.7 Å². The summed E-state index contributed by atoms with van der Waals surface area (Å²) in [6, 6.07) is 6.03. The summed E-state index contributed by atoms with van der Waals surface area (Å²) in [6.45, 7) is 0. The van der Waals surface area contributed by atoms with Crippen molar-refractivity contribution in [1.29, 1.82) is 0 Å². The van der Waals surface area contributed by atoms with E-state index in [2.05, 4.69) is 20.3 Å². The molecule has 0 amide bonds. The molecule has 0 unspecified atom stereocenters. The van der Waals surface area contributed by atoms with Crippen molar-refractivity contribution in [3.63, 3.8) is 0 Å². The molecule has 0 aliphatic carbocycles. The zero-order valence-corrected chi connectivity index (χ0v) is 10.7. The number of aromatic amines is 1. The minimum Gasteiger partial charge on any atom is -0.339 e. The van der Waals surface area contributed by atoms with E-state index in [9.17, 15) is 4.39 Å². The van der Waals surface area contributed by atoms with Crippen molar-refractivity contribution in [3.05, 3.63) is 53.9 Å². The fourth-order valence-electron chi connectivity index (χ4n) is 1.93. The topological polar surface area (TPSA) is 67.6 Å². The van der Waals surface area contributed by atoms with Crippen molar-refractivity contribution in [2.45, 2.75) is 19.3 Å². The molecule has 0 spiro atoms. The highest BCUT2D eigenvalue weighted by atomic mass is 19.1. The SMILES string of the molecule is Fc1ccc(-c2noc(CCCc3cn[nH]c3)n2)cc1. The fraction of sp³-hybridized carbons (Fsp3) is 0.214. The van der Waals surface area contributed by atoms with Crippen LogP contribution in [0.4, 0.5) is 4.39 Å². The Labute approximate surface area is 114 Å². The Morgan fingerprint density at radius 2 is 2.00 bits per heavy atom. The second kappa shape index (κ2) is 5.64. The van der Waals surface area contributed by atoms with Crippen molar-refractivity contribution < 1.29 is 8.91 Å². The lowest BCUT2D eigenvalue weighted by atomic mass is 10.1. The van der Waals surface area contributed by atoms with E-state index >= 15 is 0 Å². The molecule has 0 saturated carbocycles. The lowest BCUT2D eigenvalue weighted by molar-refractivity contribution is 0.376. The average Bonchev–Trinajstić information content (AvgIpc) is 3.11. The fourth-order valence-corrected chi connectivity index (χ4v) is 1.93. The molecule has 0 radical (unpaired) electrons. The van der Waals surface area contributed by atoms with Crippen LogP contribution < -0.4 is 0 Å². The number of hydrogen-bond acceptors (Lipinski definition) is 4. The molecular weight excluding hydrogens is 259 g/mol. The second-order valence-corrected chi connectivity index (χ2v) is 4.48. The maximum Gasteiger partial charge on any atom is 0.226 e. The molecule has 1 aromatic carbocycles.